The van der Waals surface area contributed by atoms with Crippen LogP contribution in [0.4, 0.5) is 24.7 Å². The second kappa shape index (κ2) is 12.4. The summed E-state index contributed by atoms with van der Waals surface area (Å²) in [6, 6.07) is 13.7. The molecule has 53 heavy (non-hydrogen) atoms. The van der Waals surface area contributed by atoms with Gasteiger partial charge in [-0.1, -0.05) is 41.9 Å². The fourth-order valence-electron chi connectivity index (χ4n) is 8.16. The van der Waals surface area contributed by atoms with Gasteiger partial charge in [0.15, 0.2) is 0 Å². The topological polar surface area (TPSA) is 123 Å². The van der Waals surface area contributed by atoms with Gasteiger partial charge in [0.1, 0.15) is 16.9 Å². The van der Waals surface area contributed by atoms with Gasteiger partial charge in [-0.3, -0.25) is 23.6 Å². The van der Waals surface area contributed by atoms with E-state index in [-0.39, 0.29) is 34.2 Å². The molecule has 1 aliphatic carbocycles. The molecular weight excluding hydrogens is 711 g/mol. The summed E-state index contributed by atoms with van der Waals surface area (Å²) in [4.78, 5) is 48.9. The number of alkyl halides is 3. The van der Waals surface area contributed by atoms with Crippen LogP contribution >= 0.6 is 11.6 Å². The van der Waals surface area contributed by atoms with E-state index in [1.165, 1.54) is 14.1 Å². The highest BCUT2D eigenvalue weighted by Crippen LogP contribution is 2.48. The van der Waals surface area contributed by atoms with Crippen LogP contribution in [0, 0.1) is 6.92 Å². The number of ether oxygens (including phenoxy) is 1. The highest BCUT2D eigenvalue weighted by molar-refractivity contribution is 6.36. The predicted octanol–water partition coefficient (Wildman–Crippen LogP) is 6.05. The van der Waals surface area contributed by atoms with Gasteiger partial charge < -0.3 is 15.4 Å². The highest BCUT2D eigenvalue weighted by Gasteiger charge is 2.51. The number of amides is 1. The minimum absolute atomic E-state index is 0.111. The molecule has 0 radical (unpaired) electrons. The quantitative estimate of drug-likeness (QED) is 0.216. The summed E-state index contributed by atoms with van der Waals surface area (Å²) in [6.45, 7) is 3.38. The van der Waals surface area contributed by atoms with Crippen LogP contribution in [0.1, 0.15) is 47.7 Å². The van der Waals surface area contributed by atoms with Gasteiger partial charge in [0, 0.05) is 62.0 Å². The number of hydrogen-bond donors (Lipinski definition) is 2. The largest absolute Gasteiger partial charge is 0.481 e. The first kappa shape index (κ1) is 34.9. The van der Waals surface area contributed by atoms with E-state index in [4.69, 9.17) is 21.3 Å². The first-order chi connectivity index (χ1) is 25.2. The zero-order chi connectivity index (χ0) is 37.6. The van der Waals surface area contributed by atoms with Crippen molar-refractivity contribution in [1.29, 1.82) is 0 Å². The Labute approximate surface area is 306 Å². The number of anilines is 2. The van der Waals surface area contributed by atoms with Crippen LogP contribution in [0.3, 0.4) is 0 Å². The Kier molecular flexibility index (Phi) is 8.18. The molecule has 1 spiro atoms. The fraction of sp³-hybridized carbons (Fsp3) is 0.342. The summed E-state index contributed by atoms with van der Waals surface area (Å²) in [5.41, 5.74) is 2.75. The van der Waals surface area contributed by atoms with Crippen molar-refractivity contribution in [2.75, 3.05) is 25.5 Å². The number of carbonyl (C=O) groups excluding carboxylic acids is 1. The molecule has 5 aromatic rings. The number of hydrogen-bond acceptors (Lipinski definition) is 8. The predicted molar refractivity (Wildman–Crippen MR) is 195 cm³/mol. The van der Waals surface area contributed by atoms with Crippen molar-refractivity contribution < 1.29 is 22.7 Å². The van der Waals surface area contributed by atoms with E-state index in [1.54, 1.807) is 26.2 Å². The third-order valence-corrected chi connectivity index (χ3v) is 11.3. The minimum Gasteiger partial charge on any atom is -0.481 e. The first-order valence-corrected chi connectivity index (χ1v) is 17.5. The monoisotopic (exact) mass is 745 g/mol. The number of nitrogens with one attached hydrogen (secondary N) is 2. The van der Waals surface area contributed by atoms with Crippen molar-refractivity contribution in [3.8, 4) is 28.3 Å². The molecule has 1 amide bonds. The van der Waals surface area contributed by atoms with Crippen molar-refractivity contribution in [1.82, 2.24) is 29.3 Å². The van der Waals surface area contributed by atoms with Crippen molar-refractivity contribution >= 4 is 39.9 Å². The lowest BCUT2D eigenvalue weighted by molar-refractivity contribution is -0.141. The number of aromatic nitrogens is 4. The van der Waals surface area contributed by atoms with Crippen LogP contribution < -0.4 is 26.6 Å². The molecule has 1 unspecified atom stereocenters. The molecule has 274 valence electrons. The normalized spacial score (nSPS) is 18.0. The van der Waals surface area contributed by atoms with Gasteiger partial charge in [0.25, 0.3) is 5.56 Å². The Morgan fingerprint density at radius 1 is 0.981 bits per heavy atom. The molecule has 1 atom stereocenters. The van der Waals surface area contributed by atoms with Crippen molar-refractivity contribution in [2.24, 2.45) is 14.1 Å². The van der Waals surface area contributed by atoms with Crippen LogP contribution in [-0.4, -0.2) is 55.6 Å². The van der Waals surface area contributed by atoms with Crippen molar-refractivity contribution in [2.45, 2.75) is 50.4 Å². The maximum Gasteiger partial charge on any atom is 0.433 e. The van der Waals surface area contributed by atoms with E-state index in [2.05, 4.69) is 26.6 Å². The van der Waals surface area contributed by atoms with Crippen LogP contribution in [0.2, 0.25) is 5.02 Å². The van der Waals surface area contributed by atoms with Crippen LogP contribution in [0.15, 0.2) is 58.1 Å². The molecule has 0 saturated carbocycles. The van der Waals surface area contributed by atoms with E-state index in [1.807, 2.05) is 24.3 Å². The Morgan fingerprint density at radius 3 is 2.40 bits per heavy atom. The highest BCUT2D eigenvalue weighted by atomic mass is 35.5. The smallest absolute Gasteiger partial charge is 0.433 e. The molecule has 2 N–H and O–H groups in total. The maximum atomic E-state index is 14.0. The first-order valence-electron chi connectivity index (χ1n) is 17.2. The molecule has 2 fully saturated rings. The lowest BCUT2D eigenvalue weighted by atomic mass is 9.86. The van der Waals surface area contributed by atoms with Gasteiger partial charge >= 0.3 is 11.9 Å². The SMILES string of the molecule is COc1nc(-c2cccc(-c3cccc(Nc4nc(C(F)(F)F)cc5c4c(=O)n(C)c(=O)n5C)c3C)c2Cl)cc2c1C(N1CC3(CCC(=O)N3)C1)CC2. The summed E-state index contributed by atoms with van der Waals surface area (Å²) in [5.74, 6) is 0.310. The van der Waals surface area contributed by atoms with E-state index in [0.717, 1.165) is 52.6 Å². The second-order valence-electron chi connectivity index (χ2n) is 14.1. The summed E-state index contributed by atoms with van der Waals surface area (Å²) < 4.78 is 49.7. The van der Waals surface area contributed by atoms with Crippen LogP contribution in [0.25, 0.3) is 33.3 Å². The number of pyridine rings is 2. The molecule has 0 bridgehead atoms. The zero-order valence-electron chi connectivity index (χ0n) is 29.3. The second-order valence-corrected chi connectivity index (χ2v) is 14.5. The molecular formula is C38H35ClF3N7O4. The number of methoxy groups -OCH3 is 1. The van der Waals surface area contributed by atoms with E-state index >= 15 is 0 Å². The zero-order valence-corrected chi connectivity index (χ0v) is 30.1. The maximum absolute atomic E-state index is 14.0. The molecule has 2 aliphatic heterocycles. The molecule has 5 heterocycles. The van der Waals surface area contributed by atoms with Gasteiger partial charge in [-0.15, -0.1) is 0 Å². The van der Waals surface area contributed by atoms with E-state index in [0.29, 0.717) is 57.0 Å². The number of rotatable bonds is 6. The third-order valence-electron chi connectivity index (χ3n) is 10.9. The standard InChI is InChI=1S/C38H35ClF3N7O4/c1-19-21(7-6-10-24(19)43-33-31-27(16-28(45-33)38(40,41)42)47(2)36(52)48(3)35(31)51)22-8-5-9-23(32(22)39)25-15-20-11-12-26(30(20)34(44-25)53-4)49-17-37(18-49)14-13-29(50)46-37/h5-10,15-16,26H,11-14,17-18H2,1-4H3,(H,43,45)(H,46,50). The average Bonchev–Trinajstić information content (AvgIpc) is 3.73. The Morgan fingerprint density at radius 2 is 1.70 bits per heavy atom. The number of halogens is 4. The number of likely N-dealkylation sites (tertiary alicyclic amines) is 1. The Hall–Kier alpha value is -5.21. The molecule has 15 heteroatoms. The Balaban J connectivity index is 1.15. The number of carbonyl (C=O) groups is 1. The third kappa shape index (κ3) is 5.66. The average molecular weight is 746 g/mol. The van der Waals surface area contributed by atoms with E-state index < -0.39 is 23.1 Å². The number of nitrogens with zero attached hydrogens (tertiary/aromatic N) is 5. The number of benzene rings is 2. The van der Waals surface area contributed by atoms with Crippen LogP contribution in [-0.2, 0) is 31.5 Å². The lowest BCUT2D eigenvalue weighted by Crippen LogP contribution is -2.67. The van der Waals surface area contributed by atoms with Gasteiger partial charge in [-0.25, -0.2) is 14.8 Å². The molecule has 2 saturated heterocycles. The molecule has 3 aromatic heterocycles. The lowest BCUT2D eigenvalue weighted by Gasteiger charge is -2.50. The van der Waals surface area contributed by atoms with Gasteiger partial charge in [-0.05, 0) is 61.1 Å². The summed E-state index contributed by atoms with van der Waals surface area (Å²) >= 11 is 7.16. The van der Waals surface area contributed by atoms with E-state index in [9.17, 15) is 27.6 Å². The summed E-state index contributed by atoms with van der Waals surface area (Å²) in [7, 11) is 4.17. The molecule has 11 nitrogen and oxygen atoms in total. The summed E-state index contributed by atoms with van der Waals surface area (Å²) in [5, 5.41) is 6.38. The summed E-state index contributed by atoms with van der Waals surface area (Å²) in [6.07, 6.45) is -1.68. The van der Waals surface area contributed by atoms with Gasteiger partial charge in [0.05, 0.1) is 28.9 Å². The van der Waals surface area contributed by atoms with Crippen molar-refractivity contribution in [3.63, 3.8) is 0 Å². The number of aryl methyl sites for hydroxylation is 2. The minimum atomic E-state index is -4.84. The molecule has 2 aromatic carbocycles. The fourth-order valence-corrected chi connectivity index (χ4v) is 8.48. The van der Waals surface area contributed by atoms with Gasteiger partial charge in [0.2, 0.25) is 11.8 Å². The number of fused-ring (bicyclic) bond motifs is 2. The van der Waals surface area contributed by atoms with Crippen molar-refractivity contribution in [3.05, 3.63) is 96.8 Å². The van der Waals surface area contributed by atoms with Gasteiger partial charge in [-0.2, -0.15) is 13.2 Å². The van der Waals surface area contributed by atoms with Crippen LogP contribution in [0.5, 0.6) is 5.88 Å². The Bertz CT molecular complexity index is 2490. The molecule has 3 aliphatic rings. The molecule has 8 rings (SSSR count).